The summed E-state index contributed by atoms with van der Waals surface area (Å²) in [5.41, 5.74) is 5.38. The number of rotatable bonds is 3. The van der Waals surface area contributed by atoms with Crippen molar-refractivity contribution in [3.63, 3.8) is 0 Å². The van der Waals surface area contributed by atoms with Gasteiger partial charge in [-0.1, -0.05) is 0 Å². The summed E-state index contributed by atoms with van der Waals surface area (Å²) in [6, 6.07) is 2.97. The van der Waals surface area contributed by atoms with E-state index in [4.69, 9.17) is 10.5 Å². The maximum atomic E-state index is 11.8. The van der Waals surface area contributed by atoms with Gasteiger partial charge in [0.05, 0.1) is 23.9 Å². The second-order valence-electron chi connectivity index (χ2n) is 3.60. The van der Waals surface area contributed by atoms with Crippen LogP contribution >= 0.6 is 0 Å². The van der Waals surface area contributed by atoms with Crippen molar-refractivity contribution in [2.75, 3.05) is 24.7 Å². The van der Waals surface area contributed by atoms with Crippen molar-refractivity contribution in [1.29, 1.82) is 0 Å². The van der Waals surface area contributed by atoms with Gasteiger partial charge in [-0.3, -0.25) is 0 Å². The van der Waals surface area contributed by atoms with Crippen molar-refractivity contribution in [3.05, 3.63) is 18.3 Å². The lowest BCUT2D eigenvalue weighted by atomic mass is 10.1. The van der Waals surface area contributed by atoms with Gasteiger partial charge in [-0.15, -0.1) is 0 Å². The monoisotopic (exact) mass is 228 g/mol. The number of aromatic nitrogens is 1. The van der Waals surface area contributed by atoms with Crippen LogP contribution in [0.25, 0.3) is 0 Å². The molecule has 0 atom stereocenters. The Labute approximate surface area is 88.2 Å². The van der Waals surface area contributed by atoms with Crippen molar-refractivity contribution in [3.8, 4) is 0 Å². The number of anilines is 1. The molecule has 15 heavy (non-hydrogen) atoms. The summed E-state index contributed by atoms with van der Waals surface area (Å²) in [4.78, 5) is 3.99. The van der Waals surface area contributed by atoms with Gasteiger partial charge in [-0.25, -0.2) is 13.4 Å². The Morgan fingerprint density at radius 1 is 1.47 bits per heavy atom. The first-order valence-corrected chi connectivity index (χ1v) is 6.25. The van der Waals surface area contributed by atoms with Crippen LogP contribution in [0, 0.1) is 5.92 Å². The SMILES string of the molecule is Nc1ccc(S(=O)(=O)CC2COC2)cn1. The van der Waals surface area contributed by atoms with E-state index in [2.05, 4.69) is 4.98 Å². The fraction of sp³-hybridized carbons (Fsp3) is 0.444. The van der Waals surface area contributed by atoms with Crippen LogP contribution in [-0.2, 0) is 14.6 Å². The first-order valence-electron chi connectivity index (χ1n) is 4.60. The van der Waals surface area contributed by atoms with Gasteiger partial charge >= 0.3 is 0 Å². The molecule has 0 bridgehead atoms. The maximum Gasteiger partial charge on any atom is 0.180 e. The van der Waals surface area contributed by atoms with Crippen LogP contribution in [0.4, 0.5) is 5.82 Å². The molecule has 1 aromatic heterocycles. The molecule has 2 rings (SSSR count). The van der Waals surface area contributed by atoms with E-state index in [1.54, 1.807) is 0 Å². The van der Waals surface area contributed by atoms with Gasteiger partial charge in [-0.2, -0.15) is 0 Å². The zero-order valence-corrected chi connectivity index (χ0v) is 8.90. The number of nitrogen functional groups attached to an aromatic ring is 1. The lowest BCUT2D eigenvalue weighted by Crippen LogP contribution is -2.33. The second-order valence-corrected chi connectivity index (χ2v) is 5.64. The summed E-state index contributed by atoms with van der Waals surface area (Å²) >= 11 is 0. The van der Waals surface area contributed by atoms with Gasteiger partial charge in [-0.05, 0) is 12.1 Å². The summed E-state index contributed by atoms with van der Waals surface area (Å²) in [7, 11) is -3.24. The third kappa shape index (κ3) is 2.27. The van der Waals surface area contributed by atoms with Crippen LogP contribution in [0.15, 0.2) is 23.2 Å². The lowest BCUT2D eigenvalue weighted by Gasteiger charge is -2.25. The second kappa shape index (κ2) is 3.79. The van der Waals surface area contributed by atoms with Gasteiger partial charge in [0.25, 0.3) is 0 Å². The van der Waals surface area contributed by atoms with Crippen molar-refractivity contribution >= 4 is 15.7 Å². The minimum absolute atomic E-state index is 0.118. The number of sulfone groups is 1. The average molecular weight is 228 g/mol. The Morgan fingerprint density at radius 3 is 2.67 bits per heavy atom. The van der Waals surface area contributed by atoms with E-state index < -0.39 is 9.84 Å². The molecule has 0 unspecified atom stereocenters. The normalized spacial score (nSPS) is 17.3. The van der Waals surface area contributed by atoms with Crippen LogP contribution in [0.5, 0.6) is 0 Å². The van der Waals surface area contributed by atoms with E-state index in [0.717, 1.165) is 0 Å². The predicted molar refractivity (Wildman–Crippen MR) is 55.0 cm³/mol. The zero-order valence-electron chi connectivity index (χ0n) is 8.09. The van der Waals surface area contributed by atoms with Gasteiger partial charge in [0.1, 0.15) is 5.82 Å². The largest absolute Gasteiger partial charge is 0.384 e. The smallest absolute Gasteiger partial charge is 0.180 e. The summed E-state index contributed by atoms with van der Waals surface area (Å²) < 4.78 is 28.6. The molecule has 6 heteroatoms. The quantitative estimate of drug-likeness (QED) is 0.792. The lowest BCUT2D eigenvalue weighted by molar-refractivity contribution is -0.0204. The number of nitrogens with zero attached hydrogens (tertiary/aromatic N) is 1. The molecule has 1 saturated heterocycles. The van der Waals surface area contributed by atoms with Crippen LogP contribution < -0.4 is 5.73 Å². The van der Waals surface area contributed by atoms with Crippen molar-refractivity contribution < 1.29 is 13.2 Å². The molecule has 0 radical (unpaired) electrons. The Bertz CT molecular complexity index is 437. The summed E-state index contributed by atoms with van der Waals surface area (Å²) in [6.07, 6.45) is 1.30. The standard InChI is InChI=1S/C9H12N2O3S/c10-9-2-1-8(3-11-9)15(12,13)6-7-4-14-5-7/h1-3,7H,4-6H2,(H2,10,11). The molecular weight excluding hydrogens is 216 g/mol. The molecule has 2 N–H and O–H groups in total. The minimum atomic E-state index is -3.24. The van der Waals surface area contributed by atoms with Gasteiger partial charge < -0.3 is 10.5 Å². The number of hydrogen-bond donors (Lipinski definition) is 1. The highest BCUT2D eigenvalue weighted by atomic mass is 32.2. The number of ether oxygens (including phenoxy) is 1. The third-order valence-electron chi connectivity index (χ3n) is 2.28. The molecule has 0 saturated carbocycles. The molecule has 1 aromatic rings. The van der Waals surface area contributed by atoms with Crippen molar-refractivity contribution in [2.45, 2.75) is 4.90 Å². The zero-order chi connectivity index (χ0) is 10.9. The average Bonchev–Trinajstić information content (AvgIpc) is 2.13. The Balaban J connectivity index is 2.17. The highest BCUT2D eigenvalue weighted by Gasteiger charge is 2.26. The highest BCUT2D eigenvalue weighted by Crippen LogP contribution is 2.18. The van der Waals surface area contributed by atoms with Gasteiger partial charge in [0, 0.05) is 12.1 Å². The van der Waals surface area contributed by atoms with E-state index in [1.807, 2.05) is 0 Å². The van der Waals surface area contributed by atoms with Crippen molar-refractivity contribution in [1.82, 2.24) is 4.98 Å². The number of pyridine rings is 1. The fourth-order valence-electron chi connectivity index (χ4n) is 1.36. The molecular formula is C9H12N2O3S. The maximum absolute atomic E-state index is 11.8. The van der Waals surface area contributed by atoms with E-state index in [-0.39, 0.29) is 16.6 Å². The number of nitrogens with two attached hydrogens (primary N) is 1. The van der Waals surface area contributed by atoms with Crippen molar-refractivity contribution in [2.24, 2.45) is 5.92 Å². The van der Waals surface area contributed by atoms with Crippen LogP contribution in [0.2, 0.25) is 0 Å². The van der Waals surface area contributed by atoms with Crippen LogP contribution in [0.3, 0.4) is 0 Å². The molecule has 1 fully saturated rings. The fourth-order valence-corrected chi connectivity index (χ4v) is 2.86. The summed E-state index contributed by atoms with van der Waals surface area (Å²) in [5.74, 6) is 0.562. The van der Waals surface area contributed by atoms with E-state index in [1.165, 1.54) is 18.3 Å². The Hall–Kier alpha value is -1.14. The van der Waals surface area contributed by atoms with Crippen LogP contribution in [0.1, 0.15) is 0 Å². The van der Waals surface area contributed by atoms with Crippen LogP contribution in [-0.4, -0.2) is 32.4 Å². The highest BCUT2D eigenvalue weighted by molar-refractivity contribution is 7.91. The minimum Gasteiger partial charge on any atom is -0.384 e. The molecule has 0 aliphatic carbocycles. The summed E-state index contributed by atoms with van der Waals surface area (Å²) in [5, 5.41) is 0. The Morgan fingerprint density at radius 2 is 2.20 bits per heavy atom. The number of hydrogen-bond acceptors (Lipinski definition) is 5. The molecule has 0 amide bonds. The molecule has 2 heterocycles. The van der Waals surface area contributed by atoms with Gasteiger partial charge in [0.15, 0.2) is 9.84 Å². The third-order valence-corrected chi connectivity index (χ3v) is 4.15. The molecule has 5 nitrogen and oxygen atoms in total. The molecule has 1 aliphatic heterocycles. The first kappa shape index (κ1) is 10.4. The predicted octanol–water partition coefficient (Wildman–Crippen LogP) is 0.0839. The topological polar surface area (TPSA) is 82.3 Å². The molecule has 0 spiro atoms. The Kier molecular flexibility index (Phi) is 2.62. The molecule has 1 aliphatic rings. The molecule has 82 valence electrons. The van der Waals surface area contributed by atoms with E-state index in [0.29, 0.717) is 19.0 Å². The van der Waals surface area contributed by atoms with E-state index in [9.17, 15) is 8.42 Å². The molecule has 0 aromatic carbocycles. The van der Waals surface area contributed by atoms with E-state index >= 15 is 0 Å². The van der Waals surface area contributed by atoms with Gasteiger partial charge in [0.2, 0.25) is 0 Å². The first-order chi connectivity index (χ1) is 7.08. The summed E-state index contributed by atoms with van der Waals surface area (Å²) in [6.45, 7) is 1.06.